The Bertz CT molecular complexity index is 308. The summed E-state index contributed by atoms with van der Waals surface area (Å²) < 4.78 is 5.29. The van der Waals surface area contributed by atoms with Crippen LogP contribution < -0.4 is 11.1 Å². The Labute approximate surface area is 108 Å². The van der Waals surface area contributed by atoms with E-state index in [0.717, 1.165) is 25.7 Å². The molecule has 1 aliphatic carbocycles. The number of hydrogen-bond acceptors (Lipinski definition) is 3. The van der Waals surface area contributed by atoms with Gasteiger partial charge in [-0.05, 0) is 26.2 Å². The first kappa shape index (κ1) is 14.4. The van der Waals surface area contributed by atoms with Gasteiger partial charge in [-0.3, -0.25) is 4.79 Å². The summed E-state index contributed by atoms with van der Waals surface area (Å²) in [6.07, 6.45) is 4.37. The van der Waals surface area contributed by atoms with E-state index in [-0.39, 0.29) is 5.91 Å². The molecule has 98 valence electrons. The van der Waals surface area contributed by atoms with Crippen molar-refractivity contribution in [3.05, 3.63) is 0 Å². The third-order valence-corrected chi connectivity index (χ3v) is 4.28. The van der Waals surface area contributed by atoms with Crippen molar-refractivity contribution < 1.29 is 9.53 Å². The molecule has 0 saturated heterocycles. The van der Waals surface area contributed by atoms with Crippen LogP contribution in [0.25, 0.3) is 0 Å². The summed E-state index contributed by atoms with van der Waals surface area (Å²) >= 11 is 5.10. The van der Waals surface area contributed by atoms with Gasteiger partial charge in [-0.1, -0.05) is 32.0 Å². The average Bonchev–Trinajstić information content (AvgIpc) is 2.77. The van der Waals surface area contributed by atoms with Gasteiger partial charge in [0.1, 0.15) is 5.60 Å². The summed E-state index contributed by atoms with van der Waals surface area (Å²) in [6, 6.07) is 0. The molecule has 0 aliphatic heterocycles. The minimum Gasteiger partial charge on any atom is -0.391 e. The Hall–Kier alpha value is -0.680. The SMILES string of the molecule is CCC(C)(OC)C(=O)NC1(C(N)=S)CCCC1. The molecule has 3 N–H and O–H groups in total. The van der Waals surface area contributed by atoms with Gasteiger partial charge in [0, 0.05) is 7.11 Å². The highest BCUT2D eigenvalue weighted by Crippen LogP contribution is 2.31. The van der Waals surface area contributed by atoms with E-state index in [0.29, 0.717) is 11.4 Å². The van der Waals surface area contributed by atoms with E-state index in [1.807, 2.05) is 6.92 Å². The van der Waals surface area contributed by atoms with Crippen LogP contribution in [0, 0.1) is 0 Å². The Balaban J connectivity index is 2.82. The molecule has 1 saturated carbocycles. The number of carbonyl (C=O) groups is 1. The third kappa shape index (κ3) is 2.77. The summed E-state index contributed by atoms with van der Waals surface area (Å²) in [4.78, 5) is 12.6. The second-order valence-corrected chi connectivity index (χ2v) is 5.34. The van der Waals surface area contributed by atoms with Crippen molar-refractivity contribution in [1.29, 1.82) is 0 Å². The maximum Gasteiger partial charge on any atom is 0.252 e. The molecule has 4 nitrogen and oxygen atoms in total. The first-order valence-electron chi connectivity index (χ1n) is 6.08. The zero-order chi connectivity index (χ0) is 13.1. The molecule has 1 unspecified atom stereocenters. The molecule has 0 radical (unpaired) electrons. The molecule has 1 fully saturated rings. The lowest BCUT2D eigenvalue weighted by Gasteiger charge is -2.34. The van der Waals surface area contributed by atoms with Crippen molar-refractivity contribution in [1.82, 2.24) is 5.32 Å². The Morgan fingerprint density at radius 1 is 1.53 bits per heavy atom. The first-order chi connectivity index (χ1) is 7.90. The van der Waals surface area contributed by atoms with E-state index in [9.17, 15) is 4.79 Å². The van der Waals surface area contributed by atoms with Crippen LogP contribution in [0.3, 0.4) is 0 Å². The van der Waals surface area contributed by atoms with E-state index in [1.54, 1.807) is 14.0 Å². The minimum absolute atomic E-state index is 0.128. The quantitative estimate of drug-likeness (QED) is 0.734. The number of hydrogen-bond donors (Lipinski definition) is 2. The Morgan fingerprint density at radius 3 is 2.41 bits per heavy atom. The Morgan fingerprint density at radius 2 is 2.06 bits per heavy atom. The number of methoxy groups -OCH3 is 1. The maximum absolute atomic E-state index is 12.2. The van der Waals surface area contributed by atoms with Crippen LogP contribution in [-0.4, -0.2) is 29.1 Å². The largest absolute Gasteiger partial charge is 0.391 e. The molecule has 1 atom stereocenters. The van der Waals surface area contributed by atoms with Gasteiger partial charge in [0.05, 0.1) is 10.5 Å². The highest BCUT2D eigenvalue weighted by molar-refractivity contribution is 7.80. The number of amides is 1. The molecule has 0 aromatic carbocycles. The number of rotatable bonds is 5. The fourth-order valence-electron chi connectivity index (χ4n) is 2.16. The topological polar surface area (TPSA) is 64.3 Å². The fourth-order valence-corrected chi connectivity index (χ4v) is 2.41. The number of carbonyl (C=O) groups excluding carboxylic acids is 1. The molecule has 1 aliphatic rings. The van der Waals surface area contributed by atoms with E-state index < -0.39 is 11.1 Å². The van der Waals surface area contributed by atoms with Gasteiger partial charge in [-0.2, -0.15) is 0 Å². The lowest BCUT2D eigenvalue weighted by Crippen LogP contribution is -2.60. The van der Waals surface area contributed by atoms with Crippen molar-refractivity contribution in [2.45, 2.75) is 57.1 Å². The van der Waals surface area contributed by atoms with Crippen LogP contribution in [0.15, 0.2) is 0 Å². The minimum atomic E-state index is -0.805. The maximum atomic E-state index is 12.2. The van der Waals surface area contributed by atoms with Gasteiger partial charge < -0.3 is 15.8 Å². The van der Waals surface area contributed by atoms with Crippen molar-refractivity contribution in [3.8, 4) is 0 Å². The van der Waals surface area contributed by atoms with E-state index in [2.05, 4.69) is 5.32 Å². The standard InChI is InChI=1S/C12H22N2O2S/c1-4-11(2,16-3)10(15)14-12(9(13)17)7-5-6-8-12/h4-8H2,1-3H3,(H2,13,17)(H,14,15). The molecule has 0 aromatic heterocycles. The van der Waals surface area contributed by atoms with Gasteiger partial charge in [-0.25, -0.2) is 0 Å². The highest BCUT2D eigenvalue weighted by Gasteiger charge is 2.42. The van der Waals surface area contributed by atoms with E-state index in [4.69, 9.17) is 22.7 Å². The molecule has 0 spiro atoms. The van der Waals surface area contributed by atoms with Crippen LogP contribution in [-0.2, 0) is 9.53 Å². The predicted molar refractivity (Wildman–Crippen MR) is 71.8 cm³/mol. The summed E-state index contributed by atoms with van der Waals surface area (Å²) in [5, 5.41) is 3.00. The van der Waals surface area contributed by atoms with Crippen molar-refractivity contribution in [2.24, 2.45) is 5.73 Å². The molecule has 17 heavy (non-hydrogen) atoms. The smallest absolute Gasteiger partial charge is 0.252 e. The second kappa shape index (κ2) is 5.31. The van der Waals surface area contributed by atoms with Gasteiger partial charge in [0.2, 0.25) is 0 Å². The molecular formula is C12H22N2O2S. The number of thiocarbonyl (C=S) groups is 1. The molecule has 1 rings (SSSR count). The predicted octanol–water partition coefficient (Wildman–Crippen LogP) is 1.52. The molecular weight excluding hydrogens is 236 g/mol. The summed E-state index contributed by atoms with van der Waals surface area (Å²) in [5.41, 5.74) is 4.48. The summed E-state index contributed by atoms with van der Waals surface area (Å²) in [5.74, 6) is -0.128. The number of ether oxygens (including phenoxy) is 1. The van der Waals surface area contributed by atoms with Gasteiger partial charge in [0.25, 0.3) is 5.91 Å². The molecule has 5 heteroatoms. The van der Waals surface area contributed by atoms with Gasteiger partial charge in [0.15, 0.2) is 0 Å². The zero-order valence-electron chi connectivity index (χ0n) is 10.8. The second-order valence-electron chi connectivity index (χ2n) is 4.90. The van der Waals surface area contributed by atoms with Crippen molar-refractivity contribution >= 4 is 23.1 Å². The monoisotopic (exact) mass is 258 g/mol. The van der Waals surface area contributed by atoms with E-state index >= 15 is 0 Å². The highest BCUT2D eigenvalue weighted by atomic mass is 32.1. The van der Waals surface area contributed by atoms with Crippen LogP contribution in [0.1, 0.15) is 46.0 Å². The summed E-state index contributed by atoms with van der Waals surface area (Å²) in [6.45, 7) is 3.70. The zero-order valence-corrected chi connectivity index (χ0v) is 11.7. The molecule has 0 bridgehead atoms. The lowest BCUT2D eigenvalue weighted by molar-refractivity contribution is -0.143. The van der Waals surface area contributed by atoms with E-state index in [1.165, 1.54) is 0 Å². The molecule has 0 heterocycles. The number of nitrogens with one attached hydrogen (secondary N) is 1. The normalized spacial score (nSPS) is 21.8. The fraction of sp³-hybridized carbons (Fsp3) is 0.833. The first-order valence-corrected chi connectivity index (χ1v) is 6.49. The van der Waals surface area contributed by atoms with Crippen LogP contribution in [0.5, 0.6) is 0 Å². The van der Waals surface area contributed by atoms with Crippen molar-refractivity contribution in [2.75, 3.05) is 7.11 Å². The van der Waals surface area contributed by atoms with Gasteiger partial charge in [-0.15, -0.1) is 0 Å². The van der Waals surface area contributed by atoms with Crippen molar-refractivity contribution in [3.63, 3.8) is 0 Å². The molecule has 1 amide bonds. The van der Waals surface area contributed by atoms with Crippen LogP contribution in [0.4, 0.5) is 0 Å². The van der Waals surface area contributed by atoms with Crippen LogP contribution in [0.2, 0.25) is 0 Å². The average molecular weight is 258 g/mol. The number of nitrogens with two attached hydrogens (primary N) is 1. The lowest BCUT2D eigenvalue weighted by atomic mass is 9.94. The molecule has 0 aromatic rings. The van der Waals surface area contributed by atoms with Crippen LogP contribution >= 0.6 is 12.2 Å². The third-order valence-electron chi connectivity index (χ3n) is 3.89. The Kier molecular flexibility index (Phi) is 4.49. The summed E-state index contributed by atoms with van der Waals surface area (Å²) in [7, 11) is 1.55. The van der Waals surface area contributed by atoms with Gasteiger partial charge >= 0.3 is 0 Å².